The number of piperidine rings is 1. The molecule has 1 fully saturated rings. The van der Waals surface area contributed by atoms with Crippen molar-refractivity contribution in [2.45, 2.75) is 45.2 Å². The van der Waals surface area contributed by atoms with Crippen LogP contribution in [-0.4, -0.2) is 17.6 Å². The smallest absolute Gasteiger partial charge is 0.133 e. The molecule has 0 amide bonds. The van der Waals surface area contributed by atoms with Crippen LogP contribution >= 0.6 is 0 Å². The molecule has 88 valence electrons. The Balaban J connectivity index is 2.26. The van der Waals surface area contributed by atoms with Crippen molar-refractivity contribution < 1.29 is 0 Å². The van der Waals surface area contributed by atoms with Gasteiger partial charge in [0, 0.05) is 30.9 Å². The van der Waals surface area contributed by atoms with Gasteiger partial charge in [0.15, 0.2) is 0 Å². The maximum atomic E-state index is 5.78. The van der Waals surface area contributed by atoms with Gasteiger partial charge in [-0.25, -0.2) is 4.98 Å². The average Bonchev–Trinajstić information content (AvgIpc) is 2.38. The Labute approximate surface area is 97.7 Å². The molecular weight excluding hydrogens is 198 g/mol. The average molecular weight is 219 g/mol. The van der Waals surface area contributed by atoms with Crippen molar-refractivity contribution >= 4 is 5.82 Å². The molecule has 0 saturated carbocycles. The normalized spacial score (nSPS) is 21.1. The highest BCUT2D eigenvalue weighted by Gasteiger charge is 2.23. The van der Waals surface area contributed by atoms with E-state index in [1.807, 2.05) is 12.3 Å². The zero-order valence-electron chi connectivity index (χ0n) is 10.0. The molecule has 2 N–H and O–H groups in total. The van der Waals surface area contributed by atoms with E-state index in [9.17, 15) is 0 Å². The summed E-state index contributed by atoms with van der Waals surface area (Å²) in [5.74, 6) is 1.11. The van der Waals surface area contributed by atoms with E-state index in [0.717, 1.165) is 12.4 Å². The number of hydrogen-bond donors (Lipinski definition) is 1. The predicted octanol–water partition coefficient (Wildman–Crippen LogP) is 2.31. The lowest BCUT2D eigenvalue weighted by Crippen LogP contribution is -2.40. The molecule has 16 heavy (non-hydrogen) atoms. The Morgan fingerprint density at radius 1 is 1.50 bits per heavy atom. The van der Waals surface area contributed by atoms with Crippen LogP contribution in [-0.2, 0) is 6.54 Å². The van der Waals surface area contributed by atoms with E-state index in [4.69, 9.17) is 5.73 Å². The predicted molar refractivity (Wildman–Crippen MR) is 67.4 cm³/mol. The third-order valence-electron chi connectivity index (χ3n) is 3.46. The van der Waals surface area contributed by atoms with Crippen LogP contribution in [0.15, 0.2) is 18.3 Å². The van der Waals surface area contributed by atoms with Gasteiger partial charge in [-0.05, 0) is 31.7 Å². The maximum absolute atomic E-state index is 5.78. The second kappa shape index (κ2) is 5.30. The van der Waals surface area contributed by atoms with Crippen molar-refractivity contribution in [3.05, 3.63) is 23.9 Å². The molecule has 1 aromatic rings. The number of hydrogen-bond acceptors (Lipinski definition) is 3. The largest absolute Gasteiger partial charge is 0.353 e. The summed E-state index contributed by atoms with van der Waals surface area (Å²) in [5.41, 5.74) is 6.95. The summed E-state index contributed by atoms with van der Waals surface area (Å²) in [6.45, 7) is 3.96. The second-order valence-electron chi connectivity index (χ2n) is 4.44. The molecule has 3 nitrogen and oxygen atoms in total. The summed E-state index contributed by atoms with van der Waals surface area (Å²) in [6, 6.07) is 4.70. The van der Waals surface area contributed by atoms with E-state index in [0.29, 0.717) is 12.6 Å². The number of nitrogens with two attached hydrogens (primary N) is 1. The quantitative estimate of drug-likeness (QED) is 0.848. The molecule has 1 atom stereocenters. The zero-order chi connectivity index (χ0) is 11.4. The van der Waals surface area contributed by atoms with E-state index in [-0.39, 0.29) is 0 Å². The summed E-state index contributed by atoms with van der Waals surface area (Å²) in [5, 5.41) is 0. The van der Waals surface area contributed by atoms with Gasteiger partial charge in [0.05, 0.1) is 0 Å². The van der Waals surface area contributed by atoms with E-state index in [2.05, 4.69) is 22.9 Å². The van der Waals surface area contributed by atoms with Crippen LogP contribution in [0, 0.1) is 0 Å². The van der Waals surface area contributed by atoms with Gasteiger partial charge in [-0.3, -0.25) is 0 Å². The van der Waals surface area contributed by atoms with Gasteiger partial charge < -0.3 is 10.6 Å². The van der Waals surface area contributed by atoms with Crippen LogP contribution in [0.2, 0.25) is 0 Å². The minimum Gasteiger partial charge on any atom is -0.353 e. The third kappa shape index (κ3) is 2.19. The SMILES string of the molecule is CC[C@H]1CCCCN1c1ncccc1CN. The van der Waals surface area contributed by atoms with Crippen LogP contribution < -0.4 is 10.6 Å². The minimum atomic E-state index is 0.579. The van der Waals surface area contributed by atoms with Crippen molar-refractivity contribution in [1.29, 1.82) is 0 Å². The van der Waals surface area contributed by atoms with Gasteiger partial charge in [-0.15, -0.1) is 0 Å². The van der Waals surface area contributed by atoms with Gasteiger partial charge >= 0.3 is 0 Å². The van der Waals surface area contributed by atoms with Crippen LogP contribution in [0.1, 0.15) is 38.2 Å². The molecule has 1 aliphatic heterocycles. The van der Waals surface area contributed by atoms with Crippen molar-refractivity contribution in [2.75, 3.05) is 11.4 Å². The van der Waals surface area contributed by atoms with Crippen molar-refractivity contribution in [3.8, 4) is 0 Å². The van der Waals surface area contributed by atoms with E-state index >= 15 is 0 Å². The van der Waals surface area contributed by atoms with Crippen molar-refractivity contribution in [3.63, 3.8) is 0 Å². The summed E-state index contributed by atoms with van der Waals surface area (Å²) in [4.78, 5) is 6.97. The Morgan fingerprint density at radius 2 is 2.38 bits per heavy atom. The fourth-order valence-corrected chi connectivity index (χ4v) is 2.55. The summed E-state index contributed by atoms with van der Waals surface area (Å²) in [7, 11) is 0. The molecule has 1 aliphatic rings. The fourth-order valence-electron chi connectivity index (χ4n) is 2.55. The first-order valence-corrected chi connectivity index (χ1v) is 6.27. The van der Waals surface area contributed by atoms with Gasteiger partial charge in [0.2, 0.25) is 0 Å². The molecule has 2 heterocycles. The minimum absolute atomic E-state index is 0.579. The lowest BCUT2D eigenvalue weighted by atomic mass is 9.99. The molecule has 1 aromatic heterocycles. The number of rotatable bonds is 3. The van der Waals surface area contributed by atoms with Crippen LogP contribution in [0.5, 0.6) is 0 Å². The highest BCUT2D eigenvalue weighted by atomic mass is 15.2. The maximum Gasteiger partial charge on any atom is 0.133 e. The molecule has 2 rings (SSSR count). The monoisotopic (exact) mass is 219 g/mol. The van der Waals surface area contributed by atoms with Crippen LogP contribution in [0.4, 0.5) is 5.82 Å². The molecule has 1 saturated heterocycles. The molecule has 0 aliphatic carbocycles. The lowest BCUT2D eigenvalue weighted by Gasteiger charge is -2.37. The number of anilines is 1. The zero-order valence-corrected chi connectivity index (χ0v) is 10.0. The first kappa shape index (κ1) is 11.4. The van der Waals surface area contributed by atoms with Gasteiger partial charge in [-0.2, -0.15) is 0 Å². The van der Waals surface area contributed by atoms with Gasteiger partial charge in [0.1, 0.15) is 5.82 Å². The highest BCUT2D eigenvalue weighted by Crippen LogP contribution is 2.27. The van der Waals surface area contributed by atoms with E-state index in [1.54, 1.807) is 0 Å². The van der Waals surface area contributed by atoms with Crippen molar-refractivity contribution in [2.24, 2.45) is 5.73 Å². The topological polar surface area (TPSA) is 42.2 Å². The van der Waals surface area contributed by atoms with Crippen molar-refractivity contribution in [1.82, 2.24) is 4.98 Å². The Kier molecular flexibility index (Phi) is 3.78. The Hall–Kier alpha value is -1.09. The molecule has 3 heteroatoms. The Bertz CT molecular complexity index is 338. The van der Waals surface area contributed by atoms with Crippen LogP contribution in [0.3, 0.4) is 0 Å². The standard InChI is InChI=1S/C13H21N3/c1-2-12-7-3-4-9-16(12)13-11(10-14)6-5-8-15-13/h5-6,8,12H,2-4,7,9-10,14H2,1H3/t12-/m0/s1. The molecular formula is C13H21N3. The first-order valence-electron chi connectivity index (χ1n) is 6.27. The second-order valence-corrected chi connectivity index (χ2v) is 4.44. The molecule has 0 radical (unpaired) electrons. The molecule has 0 aromatic carbocycles. The van der Waals surface area contributed by atoms with Gasteiger partial charge in [-0.1, -0.05) is 13.0 Å². The molecule has 0 unspecified atom stereocenters. The molecule has 0 spiro atoms. The Morgan fingerprint density at radius 3 is 3.12 bits per heavy atom. The first-order chi connectivity index (χ1) is 7.86. The van der Waals surface area contributed by atoms with Crippen LogP contribution in [0.25, 0.3) is 0 Å². The van der Waals surface area contributed by atoms with E-state index in [1.165, 1.54) is 31.2 Å². The third-order valence-corrected chi connectivity index (χ3v) is 3.46. The highest BCUT2D eigenvalue weighted by molar-refractivity contribution is 5.48. The summed E-state index contributed by atoms with van der Waals surface area (Å²) in [6.07, 6.45) is 6.98. The summed E-state index contributed by atoms with van der Waals surface area (Å²) >= 11 is 0. The summed E-state index contributed by atoms with van der Waals surface area (Å²) < 4.78 is 0. The van der Waals surface area contributed by atoms with E-state index < -0.39 is 0 Å². The fraction of sp³-hybridized carbons (Fsp3) is 0.615. The van der Waals surface area contributed by atoms with Gasteiger partial charge in [0.25, 0.3) is 0 Å². The number of nitrogens with zero attached hydrogens (tertiary/aromatic N) is 2. The number of pyridine rings is 1. The molecule has 0 bridgehead atoms. The number of aromatic nitrogens is 1. The lowest BCUT2D eigenvalue weighted by molar-refractivity contribution is 0.446.